The summed E-state index contributed by atoms with van der Waals surface area (Å²) in [6.07, 6.45) is 1.73. The van der Waals surface area contributed by atoms with E-state index in [0.29, 0.717) is 17.4 Å². The Kier molecular flexibility index (Phi) is 12.0. The summed E-state index contributed by atoms with van der Waals surface area (Å²) < 4.78 is 1.77. The van der Waals surface area contributed by atoms with Gasteiger partial charge in [0.15, 0.2) is 5.82 Å². The molecule has 36 heavy (non-hydrogen) atoms. The number of hydrogen-bond acceptors (Lipinski definition) is 6. The summed E-state index contributed by atoms with van der Waals surface area (Å²) in [6, 6.07) is 14.3. The molecule has 3 aromatic rings. The minimum atomic E-state index is -0.0112. The first kappa shape index (κ1) is 30.5. The monoisotopic (exact) mass is 513 g/mol. The molecule has 0 saturated heterocycles. The fourth-order valence-corrected chi connectivity index (χ4v) is 3.84. The number of benzene rings is 2. The molecule has 0 aliphatic carbocycles. The Balaban J connectivity index is 0.000000366. The second kappa shape index (κ2) is 14.1. The van der Waals surface area contributed by atoms with Crippen molar-refractivity contribution in [2.75, 3.05) is 23.8 Å². The molecule has 0 bridgehead atoms. The van der Waals surface area contributed by atoms with Crippen LogP contribution in [-0.4, -0.2) is 48.1 Å². The minimum Gasteiger partial charge on any atom is -0.386 e. The number of rotatable bonds is 2. The average Bonchev–Trinajstić information content (AvgIpc) is 3.30. The highest BCUT2D eigenvalue weighted by atomic mass is 35.5. The Morgan fingerprint density at radius 3 is 2.19 bits per heavy atom. The smallest absolute Gasteiger partial charge is 0.225 e. The molecular weight excluding hydrogens is 478 g/mol. The van der Waals surface area contributed by atoms with Gasteiger partial charge in [-0.05, 0) is 48.9 Å². The summed E-state index contributed by atoms with van der Waals surface area (Å²) in [5.74, 6) is 0.638. The van der Waals surface area contributed by atoms with Gasteiger partial charge in [-0.25, -0.2) is 4.68 Å². The van der Waals surface area contributed by atoms with Crippen LogP contribution in [0.4, 0.5) is 11.5 Å². The van der Waals surface area contributed by atoms with E-state index in [9.17, 15) is 4.79 Å². The number of hydrogen-bond donors (Lipinski definition) is 1. The largest absolute Gasteiger partial charge is 0.386 e. The van der Waals surface area contributed by atoms with Gasteiger partial charge in [0.05, 0.1) is 17.1 Å². The second-order valence-corrected chi connectivity index (χ2v) is 9.51. The summed E-state index contributed by atoms with van der Waals surface area (Å²) >= 11 is 6.10. The quantitative estimate of drug-likeness (QED) is 0.506. The Labute approximate surface area is 218 Å². The van der Waals surface area contributed by atoms with Gasteiger partial charge < -0.3 is 14.9 Å². The number of carbonyl (C=O) groups is 3. The Morgan fingerprint density at radius 1 is 1.06 bits per heavy atom. The molecule has 0 atom stereocenters. The van der Waals surface area contributed by atoms with E-state index in [1.54, 1.807) is 16.5 Å². The van der Waals surface area contributed by atoms with E-state index in [4.69, 9.17) is 21.2 Å². The van der Waals surface area contributed by atoms with E-state index >= 15 is 0 Å². The zero-order chi connectivity index (χ0) is 27.5. The third-order valence-electron chi connectivity index (χ3n) is 5.55. The first-order chi connectivity index (χ1) is 17.1. The van der Waals surface area contributed by atoms with Crippen molar-refractivity contribution in [1.82, 2.24) is 15.0 Å². The lowest BCUT2D eigenvalue weighted by Gasteiger charge is -2.24. The average molecular weight is 514 g/mol. The van der Waals surface area contributed by atoms with Crippen LogP contribution in [0.5, 0.6) is 0 Å². The molecule has 1 aromatic heterocycles. The van der Waals surface area contributed by atoms with E-state index in [-0.39, 0.29) is 11.3 Å². The van der Waals surface area contributed by atoms with Crippen LogP contribution in [0.3, 0.4) is 0 Å². The molecule has 2 heterocycles. The standard InChI is InChI=1S/C14H16ClN5O.C11H16.2CH2O/c1-9(21)19-7-3-4-12-14(19)17-18-20(12)13-8-10(15)5-6-11(13)16-2;1-9-5-7-10(8-6-9)11(2,3)4;2*1-2/h5-6,8,16H,3-4,7H2,1-2H3;5-8H,1-4H3;2*1H2. The number of aryl methyl sites for hydroxylation is 1. The van der Waals surface area contributed by atoms with E-state index in [1.165, 1.54) is 11.1 Å². The predicted octanol–water partition coefficient (Wildman–Crippen LogP) is 5.18. The van der Waals surface area contributed by atoms with Gasteiger partial charge in [0, 0.05) is 25.5 Å². The Bertz CT molecular complexity index is 1120. The molecule has 1 N–H and O–H groups in total. The van der Waals surface area contributed by atoms with Gasteiger partial charge in [0.2, 0.25) is 5.91 Å². The van der Waals surface area contributed by atoms with Crippen LogP contribution < -0.4 is 10.2 Å². The number of aromatic nitrogens is 3. The Hall–Kier alpha value is -3.52. The van der Waals surface area contributed by atoms with E-state index in [2.05, 4.69) is 67.6 Å². The predicted molar refractivity (Wildman–Crippen MR) is 146 cm³/mol. The number of halogens is 1. The topological polar surface area (TPSA) is 97.2 Å². The van der Waals surface area contributed by atoms with Gasteiger partial charge in [-0.2, -0.15) is 0 Å². The van der Waals surface area contributed by atoms with Crippen LogP contribution in [-0.2, 0) is 26.2 Å². The van der Waals surface area contributed by atoms with E-state index in [0.717, 1.165) is 29.9 Å². The first-order valence-corrected chi connectivity index (χ1v) is 11.8. The first-order valence-electron chi connectivity index (χ1n) is 11.5. The van der Waals surface area contributed by atoms with Gasteiger partial charge >= 0.3 is 0 Å². The van der Waals surface area contributed by atoms with Crippen LogP contribution in [0.2, 0.25) is 5.02 Å². The molecule has 0 fully saturated rings. The highest BCUT2D eigenvalue weighted by molar-refractivity contribution is 6.30. The molecule has 0 unspecified atom stereocenters. The third kappa shape index (κ3) is 7.75. The van der Waals surface area contributed by atoms with Crippen LogP contribution in [0.15, 0.2) is 42.5 Å². The number of nitrogens with zero attached hydrogens (tertiary/aromatic N) is 4. The van der Waals surface area contributed by atoms with Crippen LogP contribution in [0, 0.1) is 6.92 Å². The van der Waals surface area contributed by atoms with Gasteiger partial charge in [-0.3, -0.25) is 9.69 Å². The molecule has 1 aliphatic rings. The van der Waals surface area contributed by atoms with Crippen molar-refractivity contribution in [3.8, 4) is 5.69 Å². The molecule has 0 spiro atoms. The lowest BCUT2D eigenvalue weighted by molar-refractivity contribution is -0.116. The molecule has 4 rings (SSSR count). The summed E-state index contributed by atoms with van der Waals surface area (Å²) in [6.45, 7) is 15.1. The maximum atomic E-state index is 11.7. The van der Waals surface area contributed by atoms with Gasteiger partial charge in [-0.15, -0.1) is 5.10 Å². The van der Waals surface area contributed by atoms with Crippen LogP contribution >= 0.6 is 11.6 Å². The highest BCUT2D eigenvalue weighted by Gasteiger charge is 2.27. The number of anilines is 2. The fourth-order valence-electron chi connectivity index (χ4n) is 3.68. The molecule has 9 heteroatoms. The second-order valence-electron chi connectivity index (χ2n) is 9.07. The lowest BCUT2D eigenvalue weighted by atomic mass is 9.87. The molecular formula is C27H36ClN5O3. The summed E-state index contributed by atoms with van der Waals surface area (Å²) in [7, 11) is 1.85. The van der Waals surface area contributed by atoms with Gasteiger partial charge in [0.25, 0.3) is 0 Å². The van der Waals surface area contributed by atoms with Crippen molar-refractivity contribution in [2.45, 2.75) is 52.9 Å². The molecule has 8 nitrogen and oxygen atoms in total. The molecule has 194 valence electrons. The molecule has 0 radical (unpaired) electrons. The lowest BCUT2D eigenvalue weighted by Crippen LogP contribution is -2.34. The minimum absolute atomic E-state index is 0.0112. The normalized spacial score (nSPS) is 11.9. The number of fused-ring (bicyclic) bond motifs is 1. The fraction of sp³-hybridized carbons (Fsp3) is 0.370. The zero-order valence-electron chi connectivity index (χ0n) is 22.0. The third-order valence-corrected chi connectivity index (χ3v) is 5.78. The van der Waals surface area contributed by atoms with E-state index < -0.39 is 0 Å². The molecule has 0 saturated carbocycles. The van der Waals surface area contributed by atoms with Gasteiger partial charge in [0.1, 0.15) is 13.6 Å². The SMILES string of the molecule is C=O.C=O.CNc1ccc(Cl)cc1-n1nnc2c1CCCN2C(C)=O.Cc1ccc(C(C)(C)C)cc1. The van der Waals surface area contributed by atoms with Crippen molar-refractivity contribution in [1.29, 1.82) is 0 Å². The maximum absolute atomic E-state index is 11.7. The molecule has 1 aliphatic heterocycles. The van der Waals surface area contributed by atoms with Gasteiger partial charge in [-0.1, -0.05) is 67.4 Å². The molecule has 2 aromatic carbocycles. The van der Waals surface area contributed by atoms with Crippen molar-refractivity contribution in [3.63, 3.8) is 0 Å². The summed E-state index contributed by atoms with van der Waals surface area (Å²) in [5, 5.41) is 12.2. The summed E-state index contributed by atoms with van der Waals surface area (Å²) in [5.41, 5.74) is 5.71. The van der Waals surface area contributed by atoms with Crippen molar-refractivity contribution in [3.05, 3.63) is 64.3 Å². The number of carbonyl (C=O) groups excluding carboxylic acids is 3. The highest BCUT2D eigenvalue weighted by Crippen LogP contribution is 2.30. The number of amides is 1. The van der Waals surface area contributed by atoms with Crippen LogP contribution in [0.1, 0.15) is 50.9 Å². The van der Waals surface area contributed by atoms with Crippen LogP contribution in [0.25, 0.3) is 5.69 Å². The number of nitrogens with one attached hydrogen (secondary N) is 1. The van der Waals surface area contributed by atoms with Crippen molar-refractivity contribution in [2.24, 2.45) is 0 Å². The van der Waals surface area contributed by atoms with Crippen molar-refractivity contribution < 1.29 is 14.4 Å². The maximum Gasteiger partial charge on any atom is 0.225 e. The summed E-state index contributed by atoms with van der Waals surface area (Å²) in [4.78, 5) is 29.4. The molecule has 1 amide bonds. The van der Waals surface area contributed by atoms with Crippen molar-refractivity contribution >= 4 is 42.6 Å². The van der Waals surface area contributed by atoms with E-state index in [1.807, 2.05) is 38.8 Å². The zero-order valence-corrected chi connectivity index (χ0v) is 22.7. The Morgan fingerprint density at radius 2 is 1.67 bits per heavy atom.